The van der Waals surface area contributed by atoms with Gasteiger partial charge in [0.1, 0.15) is 0 Å². The van der Waals surface area contributed by atoms with Gasteiger partial charge in [-0.05, 0) is 24.3 Å². The smallest absolute Gasteiger partial charge is 0.263 e. The summed E-state index contributed by atoms with van der Waals surface area (Å²) < 4.78 is 24.4. The van der Waals surface area contributed by atoms with Crippen molar-refractivity contribution in [3.8, 4) is 5.75 Å². The second kappa shape index (κ2) is 5.10. The minimum atomic E-state index is -3.51. The van der Waals surface area contributed by atoms with Crippen LogP contribution in [0.15, 0.2) is 60.7 Å². The molecule has 2 rings (SSSR count). The molecule has 0 amide bonds. The van der Waals surface area contributed by atoms with E-state index in [0.29, 0.717) is 11.4 Å². The molecule has 0 heterocycles. The van der Waals surface area contributed by atoms with Crippen LogP contribution in [0.1, 0.15) is 0 Å². The molecular formula is C13H13NO3S. The third kappa shape index (κ3) is 3.01. The lowest BCUT2D eigenvalue weighted by atomic mass is 10.3. The summed E-state index contributed by atoms with van der Waals surface area (Å²) in [6.45, 7) is 0. The van der Waals surface area contributed by atoms with E-state index in [0.717, 1.165) is 10.7 Å². The van der Waals surface area contributed by atoms with Gasteiger partial charge in [-0.25, -0.2) is 8.42 Å². The summed E-state index contributed by atoms with van der Waals surface area (Å²) in [4.78, 5) is 5.41. The Morgan fingerprint density at radius 3 is 1.89 bits per heavy atom. The molecule has 0 saturated carbocycles. The molecule has 94 valence electrons. The van der Waals surface area contributed by atoms with Crippen molar-refractivity contribution in [1.82, 2.24) is 0 Å². The highest BCUT2D eigenvalue weighted by molar-refractivity contribution is 7.91. The van der Waals surface area contributed by atoms with Gasteiger partial charge in [-0.15, -0.1) is 0 Å². The van der Waals surface area contributed by atoms with Crippen LogP contribution < -0.4 is 9.31 Å². The number of nitrogens with zero attached hydrogens (tertiary/aromatic N) is 1. The zero-order valence-corrected chi connectivity index (χ0v) is 10.7. The van der Waals surface area contributed by atoms with Crippen LogP contribution in [0.2, 0.25) is 0 Å². The predicted octanol–water partition coefficient (Wildman–Crippen LogP) is 2.45. The van der Waals surface area contributed by atoms with Crippen molar-refractivity contribution in [3.05, 3.63) is 60.7 Å². The fraction of sp³-hybridized carbons (Fsp3) is 0.0769. The highest BCUT2D eigenvalue weighted by atomic mass is 32.2. The van der Waals surface area contributed by atoms with Crippen molar-refractivity contribution < 1.29 is 13.3 Å². The Morgan fingerprint density at radius 2 is 1.39 bits per heavy atom. The molecule has 2 aromatic rings. The molecule has 2 aromatic carbocycles. The van der Waals surface area contributed by atoms with Crippen molar-refractivity contribution in [1.29, 1.82) is 0 Å². The molecule has 5 heteroatoms. The third-order valence-electron chi connectivity index (χ3n) is 2.20. The minimum absolute atomic E-state index is 0.462. The van der Waals surface area contributed by atoms with Crippen LogP contribution >= 0.6 is 0 Å². The van der Waals surface area contributed by atoms with E-state index < -0.39 is 10.0 Å². The van der Waals surface area contributed by atoms with Gasteiger partial charge in [-0.3, -0.25) is 0 Å². The summed E-state index contributed by atoms with van der Waals surface area (Å²) >= 11 is 0. The summed E-state index contributed by atoms with van der Waals surface area (Å²) in [6.07, 6.45) is 1.10. The van der Waals surface area contributed by atoms with Gasteiger partial charge < -0.3 is 4.84 Å². The van der Waals surface area contributed by atoms with Gasteiger partial charge in [0.25, 0.3) is 10.0 Å². The summed E-state index contributed by atoms with van der Waals surface area (Å²) in [5.41, 5.74) is 0.462. The fourth-order valence-corrected chi connectivity index (χ4v) is 2.16. The first kappa shape index (κ1) is 12.4. The Kier molecular flexibility index (Phi) is 3.53. The van der Waals surface area contributed by atoms with Gasteiger partial charge in [0.15, 0.2) is 5.75 Å². The van der Waals surface area contributed by atoms with Gasteiger partial charge in [0.05, 0.1) is 11.9 Å². The lowest BCUT2D eigenvalue weighted by Crippen LogP contribution is -2.33. The van der Waals surface area contributed by atoms with Crippen LogP contribution in [-0.2, 0) is 10.0 Å². The standard InChI is InChI=1S/C13H13NO3S/c1-18(15,16)14(12-8-4-2-5-9-12)17-13-10-6-3-7-11-13/h2-11H,1H3. The topological polar surface area (TPSA) is 46.6 Å². The van der Waals surface area contributed by atoms with Gasteiger partial charge in [-0.2, -0.15) is 0 Å². The van der Waals surface area contributed by atoms with Crippen LogP contribution in [0.3, 0.4) is 0 Å². The van der Waals surface area contributed by atoms with E-state index in [1.165, 1.54) is 0 Å². The number of hydrogen-bond donors (Lipinski definition) is 0. The quantitative estimate of drug-likeness (QED) is 0.796. The molecule has 18 heavy (non-hydrogen) atoms. The van der Waals surface area contributed by atoms with Gasteiger partial charge >= 0.3 is 0 Å². The molecule has 0 fully saturated rings. The first-order valence-corrected chi connectivity index (χ1v) is 7.20. The maximum absolute atomic E-state index is 11.7. The lowest BCUT2D eigenvalue weighted by molar-refractivity contribution is 0.338. The molecule has 0 aliphatic carbocycles. The Bertz CT molecular complexity index is 597. The Labute approximate surface area is 106 Å². The molecule has 0 atom stereocenters. The predicted molar refractivity (Wildman–Crippen MR) is 70.8 cm³/mol. The number of benzene rings is 2. The summed E-state index contributed by atoms with van der Waals surface area (Å²) in [5, 5.41) is 0. The van der Waals surface area contributed by atoms with Gasteiger partial charge in [-0.1, -0.05) is 40.9 Å². The number of para-hydroxylation sites is 2. The van der Waals surface area contributed by atoms with Crippen molar-refractivity contribution in [2.24, 2.45) is 0 Å². The van der Waals surface area contributed by atoms with E-state index in [-0.39, 0.29) is 0 Å². The highest BCUT2D eigenvalue weighted by Crippen LogP contribution is 2.20. The van der Waals surface area contributed by atoms with Crippen molar-refractivity contribution in [2.75, 3.05) is 10.7 Å². The Morgan fingerprint density at radius 1 is 0.889 bits per heavy atom. The number of hydrogen-bond acceptors (Lipinski definition) is 3. The molecule has 0 saturated heterocycles. The monoisotopic (exact) mass is 263 g/mol. The van der Waals surface area contributed by atoms with Crippen LogP contribution in [0, 0.1) is 0 Å². The molecule has 0 aliphatic heterocycles. The number of anilines is 1. The number of sulfonamides is 1. The normalized spacial score (nSPS) is 10.9. The summed E-state index contributed by atoms with van der Waals surface area (Å²) in [5.74, 6) is 0.465. The van der Waals surface area contributed by atoms with E-state index in [1.54, 1.807) is 48.5 Å². The third-order valence-corrected chi connectivity index (χ3v) is 3.09. The zero-order valence-electron chi connectivity index (χ0n) is 9.85. The average Bonchev–Trinajstić information content (AvgIpc) is 2.37. The highest BCUT2D eigenvalue weighted by Gasteiger charge is 2.19. The first-order valence-electron chi connectivity index (χ1n) is 5.36. The average molecular weight is 263 g/mol. The maximum atomic E-state index is 11.7. The van der Waals surface area contributed by atoms with E-state index in [2.05, 4.69) is 0 Å². The molecule has 4 nitrogen and oxygen atoms in total. The second-order valence-electron chi connectivity index (χ2n) is 3.73. The van der Waals surface area contributed by atoms with E-state index >= 15 is 0 Å². The van der Waals surface area contributed by atoms with Gasteiger partial charge in [0, 0.05) is 0 Å². The van der Waals surface area contributed by atoms with Crippen LogP contribution in [0.4, 0.5) is 5.69 Å². The second-order valence-corrected chi connectivity index (χ2v) is 5.53. The Hall–Kier alpha value is -2.01. The van der Waals surface area contributed by atoms with E-state index in [4.69, 9.17) is 4.84 Å². The molecule has 0 aliphatic rings. The largest absolute Gasteiger partial charge is 0.365 e. The maximum Gasteiger partial charge on any atom is 0.263 e. The van der Waals surface area contributed by atoms with Crippen molar-refractivity contribution >= 4 is 15.7 Å². The first-order chi connectivity index (χ1) is 8.57. The molecule has 0 N–H and O–H groups in total. The number of rotatable bonds is 4. The van der Waals surface area contributed by atoms with Crippen molar-refractivity contribution in [2.45, 2.75) is 0 Å². The summed E-state index contributed by atoms with van der Waals surface area (Å²) in [6, 6.07) is 17.4. The Balaban J connectivity index is 2.34. The SMILES string of the molecule is CS(=O)(=O)N(Oc1ccccc1)c1ccccc1. The summed E-state index contributed by atoms with van der Waals surface area (Å²) in [7, 11) is -3.51. The van der Waals surface area contributed by atoms with Crippen LogP contribution in [-0.4, -0.2) is 14.7 Å². The zero-order chi connectivity index (χ0) is 13.0. The minimum Gasteiger partial charge on any atom is -0.365 e. The van der Waals surface area contributed by atoms with Crippen molar-refractivity contribution in [3.63, 3.8) is 0 Å². The molecule has 0 aromatic heterocycles. The van der Waals surface area contributed by atoms with E-state index in [1.807, 2.05) is 12.1 Å². The molecule has 0 unspecified atom stereocenters. The van der Waals surface area contributed by atoms with Crippen LogP contribution in [0.25, 0.3) is 0 Å². The molecule has 0 bridgehead atoms. The van der Waals surface area contributed by atoms with E-state index in [9.17, 15) is 8.42 Å². The van der Waals surface area contributed by atoms with Gasteiger partial charge in [0.2, 0.25) is 0 Å². The fourth-order valence-electron chi connectivity index (χ4n) is 1.44. The molecule has 0 radical (unpaired) electrons. The lowest BCUT2D eigenvalue weighted by Gasteiger charge is -2.21. The molecular weight excluding hydrogens is 250 g/mol. The van der Waals surface area contributed by atoms with Crippen LogP contribution in [0.5, 0.6) is 5.75 Å². The molecule has 0 spiro atoms.